The second-order valence-corrected chi connectivity index (χ2v) is 6.46. The van der Waals surface area contributed by atoms with Gasteiger partial charge in [-0.2, -0.15) is 4.57 Å². The first kappa shape index (κ1) is 14.8. The van der Waals surface area contributed by atoms with E-state index in [2.05, 4.69) is 0 Å². The number of carbonyl (C=O) groups is 1. The average Bonchev–Trinajstić information content (AvgIpc) is 2.83. The van der Waals surface area contributed by atoms with Crippen molar-refractivity contribution in [3.05, 3.63) is 35.7 Å². The van der Waals surface area contributed by atoms with Gasteiger partial charge in [0.15, 0.2) is 11.9 Å². The Morgan fingerprint density at radius 2 is 2.18 bits per heavy atom. The number of aliphatic carboxylic acids is 1. The molecule has 0 saturated carbocycles. The third-order valence-electron chi connectivity index (χ3n) is 4.17. The number of ether oxygens (including phenoxy) is 1. The first-order valence-electron chi connectivity index (χ1n) is 7.32. The molecule has 116 valence electrons. The van der Waals surface area contributed by atoms with Gasteiger partial charge in [0.1, 0.15) is 11.9 Å². The number of rotatable bonds is 3. The minimum absolute atomic E-state index is 0.0830. The second-order valence-electron chi connectivity index (χ2n) is 6.46. The van der Waals surface area contributed by atoms with Crippen LogP contribution in [-0.4, -0.2) is 27.9 Å². The molecule has 0 radical (unpaired) electrons. The molecule has 0 saturated heterocycles. The van der Waals surface area contributed by atoms with Crippen LogP contribution in [0.5, 0.6) is 5.75 Å². The van der Waals surface area contributed by atoms with E-state index in [1.165, 1.54) is 0 Å². The zero-order chi connectivity index (χ0) is 16.1. The van der Waals surface area contributed by atoms with E-state index in [-0.39, 0.29) is 12.6 Å². The quantitative estimate of drug-likeness (QED) is 0.845. The van der Waals surface area contributed by atoms with Crippen molar-refractivity contribution in [2.75, 3.05) is 0 Å². The Hall–Kier alpha value is -2.14. The molecule has 0 amide bonds. The van der Waals surface area contributed by atoms with Crippen molar-refractivity contribution >= 4 is 16.7 Å². The summed E-state index contributed by atoms with van der Waals surface area (Å²) in [7, 11) is 0. The highest BCUT2D eigenvalue weighted by atomic mass is 16.5. The molecule has 0 spiro atoms. The van der Waals surface area contributed by atoms with Crippen LogP contribution in [0, 0.1) is 6.92 Å². The maximum atomic E-state index is 11.0. The lowest BCUT2D eigenvalue weighted by Gasteiger charge is -2.24. The van der Waals surface area contributed by atoms with Gasteiger partial charge in [0, 0.05) is 19.4 Å². The fourth-order valence-corrected chi connectivity index (χ4v) is 2.88. The van der Waals surface area contributed by atoms with Gasteiger partial charge < -0.3 is 14.9 Å². The number of aromatic nitrogens is 1. The minimum Gasteiger partial charge on any atom is -0.486 e. The van der Waals surface area contributed by atoms with Crippen LogP contribution in [0.2, 0.25) is 0 Å². The molecule has 3 rings (SSSR count). The third-order valence-corrected chi connectivity index (χ3v) is 4.17. The number of aryl methyl sites for hydroxylation is 1. The summed E-state index contributed by atoms with van der Waals surface area (Å²) in [5.74, 6) is -0.126. The number of benzene rings is 1. The Morgan fingerprint density at radius 3 is 2.82 bits per heavy atom. The lowest BCUT2D eigenvalue weighted by molar-refractivity contribution is -0.690. The van der Waals surface area contributed by atoms with Crippen LogP contribution < -0.4 is 9.30 Å². The summed E-state index contributed by atoms with van der Waals surface area (Å²) in [6.07, 6.45) is 2.19. The molecule has 2 N–H and O–H groups in total. The molecule has 22 heavy (non-hydrogen) atoms. The molecule has 0 bridgehead atoms. The molecule has 1 atom stereocenters. The maximum absolute atomic E-state index is 11.0. The Labute approximate surface area is 128 Å². The van der Waals surface area contributed by atoms with Gasteiger partial charge in [0.25, 0.3) is 0 Å². The standard InChI is InChI=1S/C17H19NO4/c1-10-6-11-4-5-12-7-14(17(2,3)21)22-16(12)13(11)8-18(10)9-15(19)20/h4-6,8,14,21H,7,9H2,1-3H3/p+1. The Bertz CT molecular complexity index is 761. The number of hydrogen-bond donors (Lipinski definition) is 2. The molecule has 2 heterocycles. The van der Waals surface area contributed by atoms with Crippen LogP contribution in [0.1, 0.15) is 25.1 Å². The van der Waals surface area contributed by atoms with Crippen molar-refractivity contribution in [2.24, 2.45) is 0 Å². The SMILES string of the molecule is Cc1cc2ccc3c(c2c[n+]1CC(=O)O)OC(C(C)(C)O)C3. The largest absolute Gasteiger partial charge is 0.486 e. The zero-order valence-electron chi connectivity index (χ0n) is 13.0. The molecule has 0 fully saturated rings. The van der Waals surface area contributed by atoms with Crippen LogP contribution in [0.4, 0.5) is 0 Å². The van der Waals surface area contributed by atoms with Gasteiger partial charge in [-0.25, -0.2) is 4.79 Å². The number of carboxylic acid groups (broad SMARTS) is 1. The molecule has 1 aromatic carbocycles. The number of hydrogen-bond acceptors (Lipinski definition) is 3. The van der Waals surface area contributed by atoms with Crippen LogP contribution in [0.3, 0.4) is 0 Å². The first-order valence-corrected chi connectivity index (χ1v) is 7.32. The van der Waals surface area contributed by atoms with E-state index in [0.29, 0.717) is 6.42 Å². The molecule has 2 aromatic rings. The number of nitrogens with zero attached hydrogens (tertiary/aromatic N) is 1. The molecular weight excluding hydrogens is 282 g/mol. The zero-order valence-corrected chi connectivity index (χ0v) is 13.0. The van der Waals surface area contributed by atoms with Gasteiger partial charge in [-0.3, -0.25) is 0 Å². The Kier molecular flexibility index (Phi) is 3.33. The highest BCUT2D eigenvalue weighted by Gasteiger charge is 2.36. The number of fused-ring (bicyclic) bond motifs is 3. The third kappa shape index (κ3) is 2.52. The van der Waals surface area contributed by atoms with E-state index >= 15 is 0 Å². The van der Waals surface area contributed by atoms with Crippen molar-refractivity contribution in [1.29, 1.82) is 0 Å². The molecule has 1 unspecified atom stereocenters. The van der Waals surface area contributed by atoms with Gasteiger partial charge in [-0.1, -0.05) is 12.1 Å². The fourth-order valence-electron chi connectivity index (χ4n) is 2.88. The van der Waals surface area contributed by atoms with Gasteiger partial charge in [0.05, 0.1) is 11.0 Å². The van der Waals surface area contributed by atoms with Crippen molar-refractivity contribution in [1.82, 2.24) is 0 Å². The van der Waals surface area contributed by atoms with E-state index < -0.39 is 11.6 Å². The van der Waals surface area contributed by atoms with Crippen molar-refractivity contribution in [2.45, 2.75) is 45.4 Å². The predicted molar refractivity (Wildman–Crippen MR) is 80.9 cm³/mol. The molecule has 1 aliphatic rings. The van der Waals surface area contributed by atoms with Gasteiger partial charge in [-0.15, -0.1) is 0 Å². The van der Waals surface area contributed by atoms with E-state index in [4.69, 9.17) is 9.84 Å². The van der Waals surface area contributed by atoms with E-state index in [9.17, 15) is 9.90 Å². The van der Waals surface area contributed by atoms with Crippen molar-refractivity contribution in [3.8, 4) is 5.75 Å². The summed E-state index contributed by atoms with van der Waals surface area (Å²) in [4.78, 5) is 11.0. The average molecular weight is 302 g/mol. The second kappa shape index (κ2) is 4.95. The molecule has 0 aliphatic carbocycles. The summed E-state index contributed by atoms with van der Waals surface area (Å²) in [6.45, 7) is 5.28. The van der Waals surface area contributed by atoms with Gasteiger partial charge in [0.2, 0.25) is 6.54 Å². The highest BCUT2D eigenvalue weighted by Crippen LogP contribution is 2.38. The fraction of sp³-hybridized carbons (Fsp3) is 0.412. The lowest BCUT2D eigenvalue weighted by Crippen LogP contribution is -2.40. The van der Waals surface area contributed by atoms with Crippen LogP contribution in [0.15, 0.2) is 24.4 Å². The number of aliphatic hydroxyl groups is 1. The topological polar surface area (TPSA) is 70.6 Å². The number of carboxylic acids is 1. The highest BCUT2D eigenvalue weighted by molar-refractivity contribution is 5.89. The molecule has 5 nitrogen and oxygen atoms in total. The van der Waals surface area contributed by atoms with E-state index in [1.54, 1.807) is 18.4 Å². The van der Waals surface area contributed by atoms with Crippen molar-refractivity contribution < 1.29 is 24.3 Å². The molecule has 1 aromatic heterocycles. The summed E-state index contributed by atoms with van der Waals surface area (Å²) >= 11 is 0. The van der Waals surface area contributed by atoms with Gasteiger partial charge in [-0.05, 0) is 24.8 Å². The van der Waals surface area contributed by atoms with Crippen LogP contribution in [-0.2, 0) is 17.8 Å². The molecular formula is C17H20NO4+. The normalized spacial score (nSPS) is 17.4. The Morgan fingerprint density at radius 1 is 1.45 bits per heavy atom. The monoisotopic (exact) mass is 302 g/mol. The van der Waals surface area contributed by atoms with Gasteiger partial charge >= 0.3 is 5.97 Å². The van der Waals surface area contributed by atoms with Crippen molar-refractivity contribution in [3.63, 3.8) is 0 Å². The predicted octanol–water partition coefficient (Wildman–Crippen LogP) is 1.59. The Balaban J connectivity index is 2.11. The summed E-state index contributed by atoms with van der Waals surface area (Å²) < 4.78 is 7.67. The number of pyridine rings is 1. The van der Waals surface area contributed by atoms with E-state index in [1.807, 2.05) is 31.3 Å². The molecule has 1 aliphatic heterocycles. The smallest absolute Gasteiger partial charge is 0.370 e. The molecule has 5 heteroatoms. The van der Waals surface area contributed by atoms with E-state index in [0.717, 1.165) is 27.8 Å². The van der Waals surface area contributed by atoms with Crippen LogP contribution in [0.25, 0.3) is 10.8 Å². The minimum atomic E-state index is -0.924. The lowest BCUT2D eigenvalue weighted by atomic mass is 9.96. The van der Waals surface area contributed by atoms with Crippen LogP contribution >= 0.6 is 0 Å². The summed E-state index contributed by atoms with van der Waals surface area (Å²) in [5.41, 5.74) is 1.00. The maximum Gasteiger partial charge on any atom is 0.370 e. The first-order chi connectivity index (χ1) is 10.3. The summed E-state index contributed by atoms with van der Waals surface area (Å²) in [5, 5.41) is 21.1. The summed E-state index contributed by atoms with van der Waals surface area (Å²) in [6, 6.07) is 5.99.